The molecule has 0 radical (unpaired) electrons. The molecule has 11 heteroatoms. The minimum Gasteiger partial charge on any atom is -0.397 e. The number of nitrogens with zero attached hydrogens (tertiary/aromatic N) is 2. The van der Waals surface area contributed by atoms with E-state index in [4.69, 9.17) is 28.1 Å². The highest BCUT2D eigenvalue weighted by Crippen LogP contribution is 2.35. The van der Waals surface area contributed by atoms with Crippen molar-refractivity contribution in [3.63, 3.8) is 0 Å². The number of carbonyl (C=O) groups is 2. The molecule has 1 aromatic heterocycles. The Morgan fingerprint density at radius 3 is 2.59 bits per heavy atom. The van der Waals surface area contributed by atoms with Gasteiger partial charge in [0.05, 0.1) is 40.1 Å². The molecule has 9 nitrogen and oxygen atoms in total. The molecule has 1 aliphatic rings. The van der Waals surface area contributed by atoms with Gasteiger partial charge in [0, 0.05) is 37.4 Å². The van der Waals surface area contributed by atoms with E-state index in [1.807, 2.05) is 42.5 Å². The number of urea groups is 1. The Morgan fingerprint density at radius 2 is 1.82 bits per heavy atom. The predicted octanol–water partition coefficient (Wildman–Crippen LogP) is 4.60. The Hall–Kier alpha value is -3.64. The molecule has 1 unspecified atom stereocenters. The Balaban J connectivity index is 1.18. The van der Waals surface area contributed by atoms with Crippen LogP contribution in [-0.4, -0.2) is 61.2 Å². The number of ether oxygens (including phenoxy) is 1. The van der Waals surface area contributed by atoms with Gasteiger partial charge >= 0.3 is 6.03 Å². The lowest BCUT2D eigenvalue weighted by Crippen LogP contribution is -2.42. The van der Waals surface area contributed by atoms with E-state index in [2.05, 4.69) is 20.9 Å². The van der Waals surface area contributed by atoms with Crippen molar-refractivity contribution in [1.29, 1.82) is 0 Å². The standard InChI is InChI=1S/C28H30N6O3S2/c29-21-3-1-2-4-22(21)32-26(35)19-7-5-18(6-8-19)25(38)27-33-23-10-9-20(17-24(23)39-27)31-28(36)30-11-12-34-13-15-37-16-14-34/h1-10,17,25,38H,11-16,29H2,(H,32,35)(H2,30,31,36). The summed E-state index contributed by atoms with van der Waals surface area (Å²) in [6, 6.07) is 19.8. The molecule has 1 saturated heterocycles. The Bertz CT molecular complexity index is 1450. The first-order valence-electron chi connectivity index (χ1n) is 12.7. The molecule has 0 bridgehead atoms. The summed E-state index contributed by atoms with van der Waals surface area (Å²) in [5, 5.41) is 9.21. The normalized spacial score (nSPS) is 14.6. The van der Waals surface area contributed by atoms with Crippen molar-refractivity contribution in [2.75, 3.05) is 55.8 Å². The smallest absolute Gasteiger partial charge is 0.319 e. The third-order valence-corrected chi connectivity index (χ3v) is 8.21. The van der Waals surface area contributed by atoms with Crippen LogP contribution < -0.4 is 21.7 Å². The molecule has 1 aliphatic heterocycles. The van der Waals surface area contributed by atoms with Crippen LogP contribution in [0.15, 0.2) is 66.7 Å². The summed E-state index contributed by atoms with van der Waals surface area (Å²) in [4.78, 5) is 32.0. The fraction of sp³-hybridized carbons (Fsp3) is 0.250. The number of thiazole rings is 1. The van der Waals surface area contributed by atoms with Crippen molar-refractivity contribution in [2.24, 2.45) is 0 Å². The summed E-state index contributed by atoms with van der Waals surface area (Å²) in [5.74, 6) is -0.236. The van der Waals surface area contributed by atoms with Gasteiger partial charge in [-0.05, 0) is 48.0 Å². The van der Waals surface area contributed by atoms with Crippen LogP contribution in [0.5, 0.6) is 0 Å². The number of rotatable bonds is 8. The Kier molecular flexibility index (Phi) is 8.62. The van der Waals surface area contributed by atoms with Crippen molar-refractivity contribution in [1.82, 2.24) is 15.2 Å². The van der Waals surface area contributed by atoms with E-state index in [0.717, 1.165) is 53.6 Å². The maximum atomic E-state index is 12.6. The number of thiol groups is 1. The molecule has 2 heterocycles. The van der Waals surface area contributed by atoms with E-state index in [-0.39, 0.29) is 17.2 Å². The lowest BCUT2D eigenvalue weighted by molar-refractivity contribution is 0.0388. The van der Waals surface area contributed by atoms with Gasteiger partial charge in [-0.25, -0.2) is 9.78 Å². The summed E-state index contributed by atoms with van der Waals surface area (Å²) in [6.45, 7) is 4.63. The molecule has 202 valence electrons. The number of hydrogen-bond donors (Lipinski definition) is 5. The van der Waals surface area contributed by atoms with Crippen LogP contribution in [0.2, 0.25) is 0 Å². The van der Waals surface area contributed by atoms with Crippen molar-refractivity contribution in [3.05, 3.63) is 82.9 Å². The number of benzene rings is 3. The van der Waals surface area contributed by atoms with Gasteiger partial charge in [-0.3, -0.25) is 9.69 Å². The number of aromatic nitrogens is 1. The monoisotopic (exact) mass is 562 g/mol. The van der Waals surface area contributed by atoms with Crippen LogP contribution in [0.3, 0.4) is 0 Å². The number of para-hydroxylation sites is 2. The van der Waals surface area contributed by atoms with Gasteiger partial charge in [0.25, 0.3) is 5.91 Å². The van der Waals surface area contributed by atoms with Crippen molar-refractivity contribution in [3.8, 4) is 0 Å². The zero-order chi connectivity index (χ0) is 27.2. The molecule has 3 amide bonds. The second-order valence-electron chi connectivity index (χ2n) is 9.14. The number of hydrogen-bond acceptors (Lipinski definition) is 8. The zero-order valence-electron chi connectivity index (χ0n) is 21.2. The number of nitrogen functional groups attached to an aromatic ring is 1. The molecule has 4 aromatic rings. The van der Waals surface area contributed by atoms with Crippen LogP contribution in [-0.2, 0) is 4.74 Å². The van der Waals surface area contributed by atoms with Crippen molar-refractivity contribution >= 4 is 63.2 Å². The van der Waals surface area contributed by atoms with Gasteiger partial charge in [0.15, 0.2) is 0 Å². The highest BCUT2D eigenvalue weighted by Gasteiger charge is 2.17. The molecule has 5 rings (SSSR count). The number of carbonyl (C=O) groups excluding carboxylic acids is 2. The van der Waals surface area contributed by atoms with Crippen molar-refractivity contribution < 1.29 is 14.3 Å². The van der Waals surface area contributed by atoms with Gasteiger partial charge in [-0.1, -0.05) is 24.3 Å². The minimum atomic E-state index is -0.260. The van der Waals surface area contributed by atoms with Crippen LogP contribution in [0.25, 0.3) is 10.2 Å². The summed E-state index contributed by atoms with van der Waals surface area (Å²) in [7, 11) is 0. The molecular formula is C28H30N6O3S2. The van der Waals surface area contributed by atoms with Crippen LogP contribution in [0, 0.1) is 0 Å². The molecule has 0 aliphatic carbocycles. The van der Waals surface area contributed by atoms with Crippen LogP contribution in [0.1, 0.15) is 26.2 Å². The summed E-state index contributed by atoms with van der Waals surface area (Å²) >= 11 is 6.32. The fourth-order valence-corrected chi connectivity index (χ4v) is 5.64. The maximum absolute atomic E-state index is 12.6. The summed E-state index contributed by atoms with van der Waals surface area (Å²) < 4.78 is 6.30. The number of nitrogens with one attached hydrogen (secondary N) is 3. The number of amides is 3. The van der Waals surface area contributed by atoms with Gasteiger partial charge in [0.2, 0.25) is 0 Å². The van der Waals surface area contributed by atoms with E-state index < -0.39 is 0 Å². The third-order valence-electron chi connectivity index (χ3n) is 6.41. The molecule has 39 heavy (non-hydrogen) atoms. The largest absolute Gasteiger partial charge is 0.397 e. The first-order chi connectivity index (χ1) is 19.0. The van der Waals surface area contributed by atoms with Gasteiger partial charge < -0.3 is 26.4 Å². The number of fused-ring (bicyclic) bond motifs is 1. The topological polar surface area (TPSA) is 122 Å². The predicted molar refractivity (Wildman–Crippen MR) is 160 cm³/mol. The minimum absolute atomic E-state index is 0.236. The highest BCUT2D eigenvalue weighted by molar-refractivity contribution is 7.81. The Morgan fingerprint density at radius 1 is 1.05 bits per heavy atom. The van der Waals surface area contributed by atoms with E-state index in [0.29, 0.717) is 29.2 Å². The lowest BCUT2D eigenvalue weighted by Gasteiger charge is -2.26. The van der Waals surface area contributed by atoms with Crippen molar-refractivity contribution in [2.45, 2.75) is 5.25 Å². The average molecular weight is 563 g/mol. The van der Waals surface area contributed by atoms with Crippen LogP contribution >= 0.6 is 24.0 Å². The third kappa shape index (κ3) is 6.87. The number of nitrogens with two attached hydrogens (primary N) is 1. The van der Waals surface area contributed by atoms with E-state index in [1.165, 1.54) is 11.3 Å². The summed E-state index contributed by atoms with van der Waals surface area (Å²) in [5.41, 5.74) is 9.99. The zero-order valence-corrected chi connectivity index (χ0v) is 22.9. The second kappa shape index (κ2) is 12.5. The van der Waals surface area contributed by atoms with E-state index in [1.54, 1.807) is 24.3 Å². The maximum Gasteiger partial charge on any atom is 0.319 e. The first kappa shape index (κ1) is 26.9. The average Bonchev–Trinajstić information content (AvgIpc) is 3.38. The molecular weight excluding hydrogens is 532 g/mol. The molecule has 5 N–H and O–H groups in total. The summed E-state index contributed by atoms with van der Waals surface area (Å²) in [6.07, 6.45) is 0. The van der Waals surface area contributed by atoms with E-state index >= 15 is 0 Å². The fourth-order valence-electron chi connectivity index (χ4n) is 4.23. The molecule has 1 fully saturated rings. The molecule has 0 saturated carbocycles. The van der Waals surface area contributed by atoms with Gasteiger partial charge in [0.1, 0.15) is 5.01 Å². The molecule has 3 aromatic carbocycles. The SMILES string of the molecule is Nc1ccccc1NC(=O)c1ccc(C(S)c2nc3ccc(NC(=O)NCCN4CCOCC4)cc3s2)cc1. The number of morpholine rings is 1. The quantitative estimate of drug-likeness (QED) is 0.158. The second-order valence-corrected chi connectivity index (χ2v) is 10.7. The van der Waals surface area contributed by atoms with E-state index in [9.17, 15) is 9.59 Å². The lowest BCUT2D eigenvalue weighted by atomic mass is 10.1. The number of anilines is 3. The van der Waals surface area contributed by atoms with Crippen LogP contribution in [0.4, 0.5) is 21.9 Å². The Labute approximate surface area is 236 Å². The highest BCUT2D eigenvalue weighted by atomic mass is 32.1. The molecule has 1 atom stereocenters. The van der Waals surface area contributed by atoms with Gasteiger partial charge in [-0.2, -0.15) is 12.6 Å². The van der Waals surface area contributed by atoms with Gasteiger partial charge in [-0.15, -0.1) is 11.3 Å². The molecule has 0 spiro atoms. The first-order valence-corrected chi connectivity index (χ1v) is 14.0.